The van der Waals surface area contributed by atoms with Crippen LogP contribution >= 0.6 is 0 Å². The highest BCUT2D eigenvalue weighted by Gasteiger charge is 2.05. The van der Waals surface area contributed by atoms with Crippen LogP contribution in [0.3, 0.4) is 0 Å². The highest BCUT2D eigenvalue weighted by Crippen LogP contribution is 2.23. The lowest BCUT2D eigenvalue weighted by molar-refractivity contribution is 1.41. The molecule has 0 aliphatic carbocycles. The van der Waals surface area contributed by atoms with Crippen LogP contribution < -0.4 is 0 Å². The molecule has 1 heterocycles. The molecule has 3 heteroatoms. The summed E-state index contributed by atoms with van der Waals surface area (Å²) < 4.78 is 0. The monoisotopic (exact) mass is 451 g/mol. The lowest BCUT2D eigenvalue weighted by atomic mass is 10.0. The van der Waals surface area contributed by atoms with Crippen LogP contribution in [0.1, 0.15) is 23.6 Å². The molecule has 0 fully saturated rings. The van der Waals surface area contributed by atoms with Gasteiger partial charge in [-0.3, -0.25) is 4.98 Å². The van der Waals surface area contributed by atoms with Crippen molar-refractivity contribution in [3.05, 3.63) is 144 Å². The second-order valence-corrected chi connectivity index (χ2v) is 8.14. The molecular formula is C32H25N3. The van der Waals surface area contributed by atoms with Gasteiger partial charge in [0.1, 0.15) is 0 Å². The van der Waals surface area contributed by atoms with Crippen molar-refractivity contribution in [1.82, 2.24) is 4.98 Å². The lowest BCUT2D eigenvalue weighted by Crippen LogP contribution is -1.99. The topological polar surface area (TPSA) is 37.6 Å². The zero-order valence-electron chi connectivity index (χ0n) is 19.5. The first-order chi connectivity index (χ1) is 17.3. The molecule has 0 unspecified atom stereocenters. The normalized spacial score (nSPS) is 12.4. The van der Waals surface area contributed by atoms with Crippen molar-refractivity contribution in [3.63, 3.8) is 0 Å². The Bertz CT molecular complexity index is 1510. The quantitative estimate of drug-likeness (QED) is 0.198. The molecule has 0 saturated heterocycles. The molecule has 3 nitrogen and oxygen atoms in total. The van der Waals surface area contributed by atoms with Crippen molar-refractivity contribution >= 4 is 28.7 Å². The summed E-state index contributed by atoms with van der Waals surface area (Å²) in [7, 11) is 0. The number of benzene rings is 4. The molecule has 0 radical (unpaired) electrons. The van der Waals surface area contributed by atoms with Gasteiger partial charge in [-0.25, -0.2) is 9.98 Å². The summed E-state index contributed by atoms with van der Waals surface area (Å²) in [6.07, 6.45) is 5.81. The Morgan fingerprint density at radius 3 is 2.06 bits per heavy atom. The maximum absolute atomic E-state index is 4.92. The van der Waals surface area contributed by atoms with E-state index in [2.05, 4.69) is 53.5 Å². The predicted molar refractivity (Wildman–Crippen MR) is 148 cm³/mol. The molecule has 0 amide bonds. The number of aromatic nitrogens is 1. The van der Waals surface area contributed by atoms with E-state index in [9.17, 15) is 0 Å². The van der Waals surface area contributed by atoms with Gasteiger partial charge in [-0.1, -0.05) is 109 Å². The zero-order valence-corrected chi connectivity index (χ0v) is 19.5. The van der Waals surface area contributed by atoms with E-state index in [1.165, 1.54) is 0 Å². The van der Waals surface area contributed by atoms with E-state index >= 15 is 0 Å². The van der Waals surface area contributed by atoms with Crippen LogP contribution in [0.5, 0.6) is 0 Å². The maximum atomic E-state index is 4.92. The predicted octanol–water partition coefficient (Wildman–Crippen LogP) is 7.83. The Labute approximate surface area is 205 Å². The van der Waals surface area contributed by atoms with Gasteiger partial charge < -0.3 is 0 Å². The Morgan fingerprint density at radius 1 is 0.686 bits per heavy atom. The van der Waals surface area contributed by atoms with Gasteiger partial charge in [0.15, 0.2) is 5.84 Å². The fraction of sp³-hybridized carbons (Fsp3) is 0.0312. The van der Waals surface area contributed by atoms with E-state index in [4.69, 9.17) is 9.98 Å². The van der Waals surface area contributed by atoms with Crippen LogP contribution in [0, 0.1) is 0 Å². The highest BCUT2D eigenvalue weighted by molar-refractivity contribution is 6.07. The first kappa shape index (κ1) is 22.2. The number of nitrogens with zero attached hydrogens (tertiary/aromatic N) is 3. The van der Waals surface area contributed by atoms with Gasteiger partial charge in [0, 0.05) is 28.9 Å². The fourth-order valence-electron chi connectivity index (χ4n) is 3.90. The molecule has 35 heavy (non-hydrogen) atoms. The van der Waals surface area contributed by atoms with E-state index in [-0.39, 0.29) is 0 Å². The van der Waals surface area contributed by atoms with Gasteiger partial charge in [0.2, 0.25) is 0 Å². The molecule has 0 spiro atoms. The average Bonchev–Trinajstić information content (AvgIpc) is 2.94. The fourth-order valence-corrected chi connectivity index (χ4v) is 3.90. The van der Waals surface area contributed by atoms with Gasteiger partial charge >= 0.3 is 0 Å². The lowest BCUT2D eigenvalue weighted by Gasteiger charge is -2.06. The summed E-state index contributed by atoms with van der Waals surface area (Å²) in [4.78, 5) is 14.3. The molecule has 0 saturated carbocycles. The SMILES string of the molecule is C/C=C(\N=C(N=Cc1ccc(-c2cnc3ccccc3c2)cc1)c1ccccc1)c1ccccc1. The number of hydrogen-bond acceptors (Lipinski definition) is 2. The van der Waals surface area contributed by atoms with Crippen molar-refractivity contribution in [2.45, 2.75) is 6.92 Å². The summed E-state index contributed by atoms with van der Waals surface area (Å²) in [6, 6.07) is 38.9. The number of allylic oxidation sites excluding steroid dienone is 1. The van der Waals surface area contributed by atoms with Gasteiger partial charge in [-0.2, -0.15) is 0 Å². The minimum absolute atomic E-state index is 0.672. The summed E-state index contributed by atoms with van der Waals surface area (Å²) >= 11 is 0. The molecule has 0 aliphatic rings. The molecule has 0 aliphatic heterocycles. The molecule has 0 atom stereocenters. The van der Waals surface area contributed by atoms with E-state index in [1.807, 2.05) is 92.1 Å². The molecule has 4 aromatic carbocycles. The largest absolute Gasteiger partial charge is 0.256 e. The third kappa shape index (κ3) is 5.31. The maximum Gasteiger partial charge on any atom is 0.159 e. The smallest absolute Gasteiger partial charge is 0.159 e. The molecule has 1 aromatic heterocycles. The second-order valence-electron chi connectivity index (χ2n) is 8.14. The van der Waals surface area contributed by atoms with Crippen molar-refractivity contribution in [3.8, 4) is 11.1 Å². The molecule has 5 rings (SSSR count). The third-order valence-corrected chi connectivity index (χ3v) is 5.77. The van der Waals surface area contributed by atoms with E-state index in [1.54, 1.807) is 0 Å². The first-order valence-electron chi connectivity index (χ1n) is 11.7. The summed E-state index contributed by atoms with van der Waals surface area (Å²) in [5.74, 6) is 0.672. The Balaban J connectivity index is 1.44. The molecular weight excluding hydrogens is 426 g/mol. The zero-order chi connectivity index (χ0) is 23.9. The van der Waals surface area contributed by atoms with E-state index in [0.29, 0.717) is 5.84 Å². The van der Waals surface area contributed by atoms with Gasteiger partial charge in [-0.05, 0) is 35.7 Å². The van der Waals surface area contributed by atoms with Crippen molar-refractivity contribution in [1.29, 1.82) is 0 Å². The number of fused-ring (bicyclic) bond motifs is 1. The van der Waals surface area contributed by atoms with Crippen LogP contribution in [-0.4, -0.2) is 17.0 Å². The van der Waals surface area contributed by atoms with E-state index < -0.39 is 0 Å². The number of amidine groups is 1. The summed E-state index contributed by atoms with van der Waals surface area (Å²) in [5, 5.41) is 1.14. The Kier molecular flexibility index (Phi) is 6.67. The van der Waals surface area contributed by atoms with Crippen LogP contribution in [0.25, 0.3) is 27.7 Å². The summed E-state index contributed by atoms with van der Waals surface area (Å²) in [6.45, 7) is 2.00. The number of pyridine rings is 1. The van der Waals surface area contributed by atoms with E-state index in [0.717, 1.165) is 44.4 Å². The number of aliphatic imine (C=N–C) groups is 2. The first-order valence-corrected chi connectivity index (χ1v) is 11.7. The van der Waals surface area contributed by atoms with Gasteiger partial charge in [-0.15, -0.1) is 0 Å². The average molecular weight is 452 g/mol. The Hall–Kier alpha value is -4.63. The van der Waals surface area contributed by atoms with Crippen LogP contribution in [-0.2, 0) is 0 Å². The van der Waals surface area contributed by atoms with Crippen molar-refractivity contribution in [2.75, 3.05) is 0 Å². The number of rotatable bonds is 5. The third-order valence-electron chi connectivity index (χ3n) is 5.77. The minimum atomic E-state index is 0.672. The van der Waals surface area contributed by atoms with Crippen molar-refractivity contribution < 1.29 is 0 Å². The van der Waals surface area contributed by atoms with Crippen LogP contribution in [0.15, 0.2) is 138 Å². The minimum Gasteiger partial charge on any atom is -0.256 e. The molecule has 0 bridgehead atoms. The molecule has 5 aromatic rings. The number of para-hydroxylation sites is 1. The van der Waals surface area contributed by atoms with Crippen molar-refractivity contribution in [2.24, 2.45) is 9.98 Å². The summed E-state index contributed by atoms with van der Waals surface area (Å²) in [5.41, 5.74) is 7.15. The van der Waals surface area contributed by atoms with Crippen LogP contribution in [0.4, 0.5) is 0 Å². The van der Waals surface area contributed by atoms with Gasteiger partial charge in [0.05, 0.1) is 11.2 Å². The standard InChI is InChI=1S/C32H25N3/c1-2-30(26-11-5-3-6-12-26)35-32(27-13-7-4-8-14-27)34-22-24-17-19-25(20-18-24)29-21-28-15-9-10-16-31(28)33-23-29/h2-23H,1H3/b30-2-,34-22?,35-32?. The van der Waals surface area contributed by atoms with Gasteiger partial charge in [0.25, 0.3) is 0 Å². The second kappa shape index (κ2) is 10.5. The number of hydrogen-bond donors (Lipinski definition) is 0. The molecule has 168 valence electrons. The Morgan fingerprint density at radius 2 is 1.34 bits per heavy atom. The molecule has 0 N–H and O–H groups in total. The van der Waals surface area contributed by atoms with Crippen LogP contribution in [0.2, 0.25) is 0 Å². The highest BCUT2D eigenvalue weighted by atomic mass is 14.9.